The van der Waals surface area contributed by atoms with Gasteiger partial charge in [-0.15, -0.1) is 0 Å². The lowest BCUT2D eigenvalue weighted by Crippen LogP contribution is -2.23. The standard InChI is InChI=1S/C15H23NO2/c1-11(2)16-9-13-8-12(3)4-5-15(13)18-14-6-7-17-10-14/h4-5,8,11,14,16H,6-7,9-10H2,1-3H3. The summed E-state index contributed by atoms with van der Waals surface area (Å²) in [5.74, 6) is 0.990. The van der Waals surface area contributed by atoms with Gasteiger partial charge in [-0.25, -0.2) is 0 Å². The highest BCUT2D eigenvalue weighted by Crippen LogP contribution is 2.23. The van der Waals surface area contributed by atoms with Gasteiger partial charge in [0.2, 0.25) is 0 Å². The van der Waals surface area contributed by atoms with Crippen molar-refractivity contribution in [3.63, 3.8) is 0 Å². The number of rotatable bonds is 5. The lowest BCUT2D eigenvalue weighted by Gasteiger charge is -2.17. The minimum absolute atomic E-state index is 0.213. The zero-order valence-electron chi connectivity index (χ0n) is 11.5. The van der Waals surface area contributed by atoms with Gasteiger partial charge in [-0.3, -0.25) is 0 Å². The van der Waals surface area contributed by atoms with E-state index in [1.165, 1.54) is 11.1 Å². The number of hydrogen-bond donors (Lipinski definition) is 1. The average molecular weight is 249 g/mol. The molecule has 18 heavy (non-hydrogen) atoms. The van der Waals surface area contributed by atoms with Gasteiger partial charge in [0.05, 0.1) is 13.2 Å². The SMILES string of the molecule is Cc1ccc(OC2CCOC2)c(CNC(C)C)c1. The summed E-state index contributed by atoms with van der Waals surface area (Å²) in [5.41, 5.74) is 2.50. The molecule has 1 aliphatic rings. The first kappa shape index (κ1) is 13.4. The van der Waals surface area contributed by atoms with Gasteiger partial charge in [0.15, 0.2) is 0 Å². The van der Waals surface area contributed by atoms with Gasteiger partial charge in [-0.05, 0) is 13.0 Å². The highest BCUT2D eigenvalue weighted by Gasteiger charge is 2.18. The zero-order valence-corrected chi connectivity index (χ0v) is 11.5. The van der Waals surface area contributed by atoms with Crippen LogP contribution in [0.1, 0.15) is 31.4 Å². The molecule has 0 radical (unpaired) electrons. The second kappa shape index (κ2) is 6.21. The number of hydrogen-bond acceptors (Lipinski definition) is 3. The molecule has 1 N–H and O–H groups in total. The summed E-state index contributed by atoms with van der Waals surface area (Å²) in [6.07, 6.45) is 1.20. The Morgan fingerprint density at radius 3 is 2.94 bits per heavy atom. The Balaban J connectivity index is 2.06. The molecule has 2 rings (SSSR count). The van der Waals surface area contributed by atoms with E-state index in [9.17, 15) is 0 Å². The maximum absolute atomic E-state index is 6.03. The summed E-state index contributed by atoms with van der Waals surface area (Å²) in [5, 5.41) is 3.44. The summed E-state index contributed by atoms with van der Waals surface area (Å²) >= 11 is 0. The molecule has 0 aromatic heterocycles. The molecule has 100 valence electrons. The number of aryl methyl sites for hydroxylation is 1. The van der Waals surface area contributed by atoms with Crippen molar-refractivity contribution in [3.8, 4) is 5.75 Å². The molecule has 1 atom stereocenters. The normalized spacial score (nSPS) is 19.4. The van der Waals surface area contributed by atoms with Crippen molar-refractivity contribution in [2.45, 2.75) is 45.9 Å². The van der Waals surface area contributed by atoms with Crippen LogP contribution in [-0.4, -0.2) is 25.4 Å². The maximum Gasteiger partial charge on any atom is 0.124 e. The molecule has 3 heteroatoms. The van der Waals surface area contributed by atoms with Crippen LogP contribution in [0.4, 0.5) is 0 Å². The van der Waals surface area contributed by atoms with Crippen LogP contribution >= 0.6 is 0 Å². The van der Waals surface area contributed by atoms with E-state index in [4.69, 9.17) is 9.47 Å². The highest BCUT2D eigenvalue weighted by molar-refractivity contribution is 5.37. The molecule has 3 nitrogen and oxygen atoms in total. The Bertz CT molecular complexity index is 384. The largest absolute Gasteiger partial charge is 0.488 e. The third-order valence-corrected chi connectivity index (χ3v) is 3.10. The predicted molar refractivity (Wildman–Crippen MR) is 73.0 cm³/mol. The van der Waals surface area contributed by atoms with E-state index in [1.54, 1.807) is 0 Å². The molecule has 1 aliphatic heterocycles. The first-order chi connectivity index (χ1) is 8.65. The fraction of sp³-hybridized carbons (Fsp3) is 0.600. The summed E-state index contributed by atoms with van der Waals surface area (Å²) in [6.45, 7) is 8.80. The van der Waals surface area contributed by atoms with Crippen LogP contribution in [0.25, 0.3) is 0 Å². The van der Waals surface area contributed by atoms with Gasteiger partial charge in [-0.1, -0.05) is 31.5 Å². The monoisotopic (exact) mass is 249 g/mol. The molecular weight excluding hydrogens is 226 g/mol. The highest BCUT2D eigenvalue weighted by atomic mass is 16.5. The molecule has 1 heterocycles. The minimum atomic E-state index is 0.213. The quantitative estimate of drug-likeness (QED) is 0.870. The second-order valence-corrected chi connectivity index (χ2v) is 5.25. The van der Waals surface area contributed by atoms with Crippen LogP contribution in [0.2, 0.25) is 0 Å². The number of ether oxygens (including phenoxy) is 2. The van der Waals surface area contributed by atoms with Crippen LogP contribution in [0, 0.1) is 6.92 Å². The Morgan fingerprint density at radius 2 is 2.28 bits per heavy atom. The Hall–Kier alpha value is -1.06. The molecule has 1 saturated heterocycles. The van der Waals surface area contributed by atoms with Crippen molar-refractivity contribution >= 4 is 0 Å². The van der Waals surface area contributed by atoms with E-state index >= 15 is 0 Å². The van der Waals surface area contributed by atoms with E-state index in [1.807, 2.05) is 0 Å². The van der Waals surface area contributed by atoms with Gasteiger partial charge in [-0.2, -0.15) is 0 Å². The zero-order chi connectivity index (χ0) is 13.0. The molecule has 1 aromatic rings. The van der Waals surface area contributed by atoms with Gasteiger partial charge in [0.1, 0.15) is 11.9 Å². The molecule has 1 fully saturated rings. The van der Waals surface area contributed by atoms with Crippen molar-refractivity contribution in [1.82, 2.24) is 5.32 Å². The smallest absolute Gasteiger partial charge is 0.124 e. The third-order valence-electron chi connectivity index (χ3n) is 3.10. The Morgan fingerprint density at radius 1 is 1.44 bits per heavy atom. The minimum Gasteiger partial charge on any atom is -0.488 e. The molecule has 0 spiro atoms. The Kier molecular flexibility index (Phi) is 4.61. The average Bonchev–Trinajstić information content (AvgIpc) is 2.82. The summed E-state index contributed by atoms with van der Waals surface area (Å²) in [7, 11) is 0. The lowest BCUT2D eigenvalue weighted by atomic mass is 10.1. The summed E-state index contributed by atoms with van der Waals surface area (Å²) < 4.78 is 11.4. The molecule has 0 aliphatic carbocycles. The van der Waals surface area contributed by atoms with E-state index in [-0.39, 0.29) is 6.10 Å². The first-order valence-corrected chi connectivity index (χ1v) is 6.72. The Labute approximate surface area is 109 Å². The van der Waals surface area contributed by atoms with Crippen molar-refractivity contribution < 1.29 is 9.47 Å². The maximum atomic E-state index is 6.03. The number of benzene rings is 1. The molecule has 0 bridgehead atoms. The van der Waals surface area contributed by atoms with Crippen LogP contribution in [0.15, 0.2) is 18.2 Å². The van der Waals surface area contributed by atoms with E-state index in [2.05, 4.69) is 44.3 Å². The van der Waals surface area contributed by atoms with Crippen LogP contribution < -0.4 is 10.1 Å². The first-order valence-electron chi connectivity index (χ1n) is 6.72. The fourth-order valence-corrected chi connectivity index (χ4v) is 2.06. The lowest BCUT2D eigenvalue weighted by molar-refractivity contribution is 0.140. The second-order valence-electron chi connectivity index (χ2n) is 5.25. The molecule has 0 amide bonds. The van der Waals surface area contributed by atoms with Gasteiger partial charge >= 0.3 is 0 Å². The van der Waals surface area contributed by atoms with Gasteiger partial charge in [0, 0.05) is 24.6 Å². The fourth-order valence-electron chi connectivity index (χ4n) is 2.06. The molecule has 1 unspecified atom stereocenters. The summed E-state index contributed by atoms with van der Waals surface area (Å²) in [4.78, 5) is 0. The van der Waals surface area contributed by atoms with Crippen molar-refractivity contribution in [2.24, 2.45) is 0 Å². The van der Waals surface area contributed by atoms with Crippen molar-refractivity contribution in [2.75, 3.05) is 13.2 Å². The van der Waals surface area contributed by atoms with Crippen LogP contribution in [0.3, 0.4) is 0 Å². The van der Waals surface area contributed by atoms with Crippen molar-refractivity contribution in [1.29, 1.82) is 0 Å². The molecule has 1 aromatic carbocycles. The van der Waals surface area contributed by atoms with E-state index in [0.717, 1.165) is 25.3 Å². The third kappa shape index (κ3) is 3.72. The van der Waals surface area contributed by atoms with E-state index in [0.29, 0.717) is 12.6 Å². The van der Waals surface area contributed by atoms with Gasteiger partial charge < -0.3 is 14.8 Å². The van der Waals surface area contributed by atoms with Gasteiger partial charge in [0.25, 0.3) is 0 Å². The van der Waals surface area contributed by atoms with E-state index < -0.39 is 0 Å². The predicted octanol–water partition coefficient (Wildman–Crippen LogP) is 2.66. The summed E-state index contributed by atoms with van der Waals surface area (Å²) in [6, 6.07) is 6.85. The van der Waals surface area contributed by atoms with Crippen LogP contribution in [-0.2, 0) is 11.3 Å². The molecular formula is C15H23NO2. The van der Waals surface area contributed by atoms with Crippen LogP contribution in [0.5, 0.6) is 5.75 Å². The van der Waals surface area contributed by atoms with Crippen molar-refractivity contribution in [3.05, 3.63) is 29.3 Å². The topological polar surface area (TPSA) is 30.5 Å². The number of nitrogens with one attached hydrogen (secondary N) is 1. The molecule has 0 saturated carbocycles.